The lowest BCUT2D eigenvalue weighted by atomic mass is 9.91. The Morgan fingerprint density at radius 2 is 2.04 bits per heavy atom. The molecule has 0 radical (unpaired) electrons. The van der Waals surface area contributed by atoms with Crippen molar-refractivity contribution in [3.63, 3.8) is 0 Å². The van der Waals surface area contributed by atoms with Gasteiger partial charge in [0.15, 0.2) is 0 Å². The average Bonchev–Trinajstić information content (AvgIpc) is 3.15. The van der Waals surface area contributed by atoms with Crippen LogP contribution < -0.4 is 20.3 Å². The first-order valence-electron chi connectivity index (χ1n) is 9.10. The highest BCUT2D eigenvalue weighted by Gasteiger charge is 2.39. The van der Waals surface area contributed by atoms with E-state index in [1.54, 1.807) is 14.2 Å². The van der Waals surface area contributed by atoms with Crippen LogP contribution in [0, 0.1) is 5.92 Å². The Morgan fingerprint density at radius 1 is 1.30 bits per heavy atom. The number of carbonyl (C=O) groups is 1. The molecule has 2 aliphatic rings. The van der Waals surface area contributed by atoms with Crippen molar-refractivity contribution in [1.82, 2.24) is 10.6 Å². The van der Waals surface area contributed by atoms with Gasteiger partial charge in [0.1, 0.15) is 11.4 Å². The fourth-order valence-electron chi connectivity index (χ4n) is 3.79. The summed E-state index contributed by atoms with van der Waals surface area (Å²) >= 11 is 0. The Balaban J connectivity index is 0.00000182. The number of rotatable bonds is 6. The van der Waals surface area contributed by atoms with Crippen molar-refractivity contribution in [2.75, 3.05) is 51.8 Å². The average molecular weight is 420 g/mol. The molecule has 2 fully saturated rings. The van der Waals surface area contributed by atoms with Crippen LogP contribution in [0.4, 0.5) is 5.69 Å². The molecule has 1 amide bonds. The van der Waals surface area contributed by atoms with E-state index in [0.29, 0.717) is 12.5 Å². The Labute approximate surface area is 174 Å². The van der Waals surface area contributed by atoms with E-state index >= 15 is 0 Å². The quantitative estimate of drug-likeness (QED) is 0.739. The summed E-state index contributed by atoms with van der Waals surface area (Å²) in [6.07, 6.45) is 2.55. The van der Waals surface area contributed by atoms with E-state index in [9.17, 15) is 4.79 Å². The Kier molecular flexibility index (Phi) is 9.67. The second-order valence-corrected chi connectivity index (χ2v) is 6.96. The molecule has 2 saturated heterocycles. The summed E-state index contributed by atoms with van der Waals surface area (Å²) in [6.45, 7) is 4.32. The fourth-order valence-corrected chi connectivity index (χ4v) is 3.79. The maximum atomic E-state index is 12.6. The molecule has 1 atom stereocenters. The number of nitrogens with one attached hydrogen (secondary N) is 2. The monoisotopic (exact) mass is 419 g/mol. The number of piperidine rings is 1. The zero-order valence-corrected chi connectivity index (χ0v) is 17.7. The van der Waals surface area contributed by atoms with Crippen molar-refractivity contribution in [2.24, 2.45) is 5.92 Å². The molecule has 0 bridgehead atoms. The van der Waals surface area contributed by atoms with Crippen LogP contribution in [0.25, 0.3) is 0 Å². The van der Waals surface area contributed by atoms with E-state index in [1.165, 1.54) is 5.69 Å². The fraction of sp³-hybridized carbons (Fsp3) is 0.632. The highest BCUT2D eigenvalue weighted by Crippen LogP contribution is 2.27. The summed E-state index contributed by atoms with van der Waals surface area (Å²) in [5.41, 5.74) is 0.524. The minimum Gasteiger partial charge on any atom is -0.497 e. The summed E-state index contributed by atoms with van der Waals surface area (Å²) in [6, 6.07) is 8.15. The third kappa shape index (κ3) is 5.64. The van der Waals surface area contributed by atoms with Crippen molar-refractivity contribution in [1.29, 1.82) is 0 Å². The van der Waals surface area contributed by atoms with Crippen LogP contribution in [0.15, 0.2) is 24.3 Å². The first-order valence-corrected chi connectivity index (χ1v) is 9.10. The van der Waals surface area contributed by atoms with Gasteiger partial charge in [0, 0.05) is 38.5 Å². The lowest BCUT2D eigenvalue weighted by Gasteiger charge is -2.35. The molecule has 3 rings (SSSR count). The Hall–Kier alpha value is -1.21. The Bertz CT molecular complexity index is 597. The van der Waals surface area contributed by atoms with E-state index in [-0.39, 0.29) is 30.7 Å². The van der Waals surface area contributed by atoms with Gasteiger partial charge in [0.05, 0.1) is 7.11 Å². The van der Waals surface area contributed by atoms with Gasteiger partial charge in [-0.15, -0.1) is 24.8 Å². The maximum Gasteiger partial charge on any atom is 0.252 e. The van der Waals surface area contributed by atoms with Crippen LogP contribution in [0.3, 0.4) is 0 Å². The highest BCUT2D eigenvalue weighted by atomic mass is 35.5. The van der Waals surface area contributed by atoms with E-state index in [4.69, 9.17) is 9.47 Å². The molecular formula is C19H31Cl2N3O3. The predicted molar refractivity (Wildman–Crippen MR) is 113 cm³/mol. The number of hydrogen-bond donors (Lipinski definition) is 2. The summed E-state index contributed by atoms with van der Waals surface area (Å²) in [7, 11) is 3.33. The number of ether oxygens (including phenoxy) is 2. The number of amides is 1. The number of halogens is 2. The van der Waals surface area contributed by atoms with Crippen LogP contribution in [0.5, 0.6) is 5.75 Å². The number of carbonyl (C=O) groups excluding carboxylic acids is 1. The van der Waals surface area contributed by atoms with Gasteiger partial charge in [-0.2, -0.15) is 0 Å². The first kappa shape index (κ1) is 23.8. The van der Waals surface area contributed by atoms with Gasteiger partial charge in [-0.3, -0.25) is 4.79 Å². The van der Waals surface area contributed by atoms with E-state index < -0.39 is 5.60 Å². The largest absolute Gasteiger partial charge is 0.497 e. The van der Waals surface area contributed by atoms with Crippen LogP contribution in [-0.2, 0) is 9.53 Å². The van der Waals surface area contributed by atoms with Crippen molar-refractivity contribution < 1.29 is 14.3 Å². The van der Waals surface area contributed by atoms with Gasteiger partial charge in [-0.1, -0.05) is 6.07 Å². The first-order chi connectivity index (χ1) is 12.2. The lowest BCUT2D eigenvalue weighted by Crippen LogP contribution is -2.54. The molecule has 2 heterocycles. The number of nitrogens with zero attached hydrogens (tertiary/aromatic N) is 1. The standard InChI is InChI=1S/C19H29N3O3.2ClH/c1-24-17-5-3-4-16(12-17)22-11-6-15(14-22)13-21-18(23)19(25-2)7-9-20-10-8-19;;/h3-5,12,15,20H,6-11,13-14H2,1-2H3,(H,21,23);2*1H. The second-order valence-electron chi connectivity index (χ2n) is 6.96. The molecule has 2 N–H and O–H groups in total. The number of methoxy groups -OCH3 is 2. The highest BCUT2D eigenvalue weighted by molar-refractivity contribution is 5.86. The zero-order chi connectivity index (χ0) is 17.7. The molecule has 2 aliphatic heterocycles. The van der Waals surface area contributed by atoms with Gasteiger partial charge < -0.3 is 25.0 Å². The second kappa shape index (κ2) is 11.0. The van der Waals surface area contributed by atoms with Crippen molar-refractivity contribution >= 4 is 36.4 Å². The van der Waals surface area contributed by atoms with Gasteiger partial charge in [-0.05, 0) is 50.4 Å². The Morgan fingerprint density at radius 3 is 2.70 bits per heavy atom. The van der Waals surface area contributed by atoms with E-state index in [1.807, 2.05) is 12.1 Å². The predicted octanol–water partition coefficient (Wildman–Crippen LogP) is 2.25. The SMILES string of the molecule is COc1cccc(N2CCC(CNC(=O)C3(OC)CCNCC3)C2)c1.Cl.Cl. The molecule has 1 aromatic rings. The molecule has 1 unspecified atom stereocenters. The normalized spacial score (nSPS) is 21.0. The molecule has 0 saturated carbocycles. The molecule has 8 heteroatoms. The molecule has 0 aromatic heterocycles. The molecule has 1 aromatic carbocycles. The van der Waals surface area contributed by atoms with Crippen molar-refractivity contribution in [2.45, 2.75) is 24.9 Å². The van der Waals surface area contributed by atoms with Crippen molar-refractivity contribution in [3.8, 4) is 5.75 Å². The van der Waals surface area contributed by atoms with Crippen LogP contribution >= 0.6 is 24.8 Å². The van der Waals surface area contributed by atoms with Gasteiger partial charge in [-0.25, -0.2) is 0 Å². The molecular weight excluding hydrogens is 389 g/mol. The van der Waals surface area contributed by atoms with Gasteiger partial charge in [0.25, 0.3) is 5.91 Å². The molecule has 6 nitrogen and oxygen atoms in total. The molecule has 27 heavy (non-hydrogen) atoms. The van der Waals surface area contributed by atoms with Crippen LogP contribution in [-0.4, -0.2) is 58.5 Å². The van der Waals surface area contributed by atoms with Crippen molar-refractivity contribution in [3.05, 3.63) is 24.3 Å². The maximum absolute atomic E-state index is 12.6. The summed E-state index contributed by atoms with van der Waals surface area (Å²) in [5.74, 6) is 1.38. The number of benzene rings is 1. The number of anilines is 1. The smallest absolute Gasteiger partial charge is 0.252 e. The van der Waals surface area contributed by atoms with E-state index in [0.717, 1.165) is 51.2 Å². The van der Waals surface area contributed by atoms with Crippen LogP contribution in [0.1, 0.15) is 19.3 Å². The third-order valence-electron chi connectivity index (χ3n) is 5.47. The zero-order valence-electron chi connectivity index (χ0n) is 16.0. The molecule has 0 aliphatic carbocycles. The summed E-state index contributed by atoms with van der Waals surface area (Å²) in [4.78, 5) is 15.0. The minimum absolute atomic E-state index is 0. The topological polar surface area (TPSA) is 62.8 Å². The van der Waals surface area contributed by atoms with Gasteiger partial charge in [0.2, 0.25) is 0 Å². The lowest BCUT2D eigenvalue weighted by molar-refractivity contribution is -0.146. The van der Waals surface area contributed by atoms with Crippen LogP contribution in [0.2, 0.25) is 0 Å². The molecule has 154 valence electrons. The van der Waals surface area contributed by atoms with E-state index in [2.05, 4.69) is 27.7 Å². The summed E-state index contributed by atoms with van der Waals surface area (Å²) < 4.78 is 10.9. The minimum atomic E-state index is -0.656. The molecule has 0 spiro atoms. The van der Waals surface area contributed by atoms with Gasteiger partial charge >= 0.3 is 0 Å². The summed E-state index contributed by atoms with van der Waals surface area (Å²) in [5, 5.41) is 6.42. The third-order valence-corrected chi connectivity index (χ3v) is 5.47. The number of hydrogen-bond acceptors (Lipinski definition) is 5.